The number of carbonyl (C=O) groups is 1. The zero-order valence-corrected chi connectivity index (χ0v) is 15.1. The van der Waals surface area contributed by atoms with E-state index in [1.165, 1.54) is 31.4 Å². The number of aromatic nitrogens is 2. The summed E-state index contributed by atoms with van der Waals surface area (Å²) in [6.45, 7) is 1.90. The van der Waals surface area contributed by atoms with Crippen LogP contribution in [0.2, 0.25) is 0 Å². The number of amides is 1. The van der Waals surface area contributed by atoms with Gasteiger partial charge in [0.2, 0.25) is 5.91 Å². The van der Waals surface area contributed by atoms with E-state index in [4.69, 9.17) is 0 Å². The first kappa shape index (κ1) is 16.2. The quantitative estimate of drug-likeness (QED) is 0.822. The van der Waals surface area contributed by atoms with Gasteiger partial charge in [-0.3, -0.25) is 4.79 Å². The van der Waals surface area contributed by atoms with Crippen molar-refractivity contribution in [3.63, 3.8) is 0 Å². The Kier molecular flexibility index (Phi) is 4.66. The van der Waals surface area contributed by atoms with Gasteiger partial charge in [0, 0.05) is 48.9 Å². The fourth-order valence-corrected chi connectivity index (χ4v) is 4.17. The maximum Gasteiger partial charge on any atom is 0.221 e. The molecule has 1 saturated heterocycles. The molecule has 24 heavy (non-hydrogen) atoms. The molecule has 1 aromatic rings. The van der Waals surface area contributed by atoms with E-state index >= 15 is 0 Å². The Balaban J connectivity index is 1.43. The van der Waals surface area contributed by atoms with Gasteiger partial charge in [-0.1, -0.05) is 0 Å². The molecule has 2 heterocycles. The molecule has 3 aliphatic rings. The molecule has 0 radical (unpaired) electrons. The van der Waals surface area contributed by atoms with Crippen LogP contribution in [0.25, 0.3) is 0 Å². The molecule has 2 atom stereocenters. The summed E-state index contributed by atoms with van der Waals surface area (Å²) in [6.07, 6.45) is 9.52. The number of hydrogen-bond acceptors (Lipinski definition) is 5. The average molecular weight is 347 g/mol. The minimum absolute atomic E-state index is 0.197. The van der Waals surface area contributed by atoms with Crippen LogP contribution in [0.1, 0.15) is 43.7 Å². The second kappa shape index (κ2) is 6.90. The van der Waals surface area contributed by atoms with Crippen LogP contribution in [0.5, 0.6) is 0 Å². The zero-order valence-electron chi connectivity index (χ0n) is 14.3. The summed E-state index contributed by atoms with van der Waals surface area (Å²) >= 11 is 1.73. The van der Waals surface area contributed by atoms with Crippen molar-refractivity contribution >= 4 is 23.5 Å². The van der Waals surface area contributed by atoms with Crippen LogP contribution in [0, 0.1) is 11.8 Å². The number of rotatable bonds is 7. The second-order valence-electron chi connectivity index (χ2n) is 7.40. The molecule has 0 spiro atoms. The number of nitrogens with one attached hydrogen (secondary N) is 1. The lowest BCUT2D eigenvalue weighted by Gasteiger charge is -2.19. The molecular weight excluding hydrogens is 320 g/mol. The summed E-state index contributed by atoms with van der Waals surface area (Å²) in [5, 5.41) is 3.30. The predicted octanol–water partition coefficient (Wildman–Crippen LogP) is 2.44. The molecular formula is C18H26N4OS. The maximum absolute atomic E-state index is 12.2. The standard InChI is InChI=1S/C18H26N4OS/c1-24-7-6-18(23)21-16-10-22(9-14(16)12-2-3-12)17-8-15(13-4-5-13)19-11-20-17/h8,11-14,16H,2-7,9-10H2,1H3,(H,21,23)/t14-,16+/m1/s1. The first-order valence-electron chi connectivity index (χ1n) is 9.10. The van der Waals surface area contributed by atoms with Gasteiger partial charge < -0.3 is 10.2 Å². The van der Waals surface area contributed by atoms with Crippen molar-refractivity contribution in [1.29, 1.82) is 0 Å². The third-order valence-corrected chi connectivity index (χ3v) is 6.08. The first-order chi connectivity index (χ1) is 11.7. The van der Waals surface area contributed by atoms with Crippen molar-refractivity contribution in [1.82, 2.24) is 15.3 Å². The molecule has 5 nitrogen and oxygen atoms in total. The lowest BCUT2D eigenvalue weighted by Crippen LogP contribution is -2.41. The number of anilines is 1. The summed E-state index contributed by atoms with van der Waals surface area (Å²) in [5.41, 5.74) is 1.19. The van der Waals surface area contributed by atoms with E-state index in [0.717, 1.165) is 30.6 Å². The molecule has 4 rings (SSSR count). The van der Waals surface area contributed by atoms with Crippen LogP contribution in [0.4, 0.5) is 5.82 Å². The SMILES string of the molecule is CSCCC(=O)N[C@H]1CN(c2cc(C3CC3)ncn2)C[C@@H]1C1CC1. The number of thioether (sulfide) groups is 1. The van der Waals surface area contributed by atoms with Gasteiger partial charge in [-0.15, -0.1) is 0 Å². The highest BCUT2D eigenvalue weighted by molar-refractivity contribution is 7.98. The number of carbonyl (C=O) groups excluding carboxylic acids is 1. The lowest BCUT2D eigenvalue weighted by atomic mass is 9.98. The lowest BCUT2D eigenvalue weighted by molar-refractivity contribution is -0.121. The fourth-order valence-electron chi connectivity index (χ4n) is 3.78. The molecule has 2 saturated carbocycles. The van der Waals surface area contributed by atoms with Gasteiger partial charge in [-0.25, -0.2) is 9.97 Å². The Morgan fingerprint density at radius 1 is 1.29 bits per heavy atom. The van der Waals surface area contributed by atoms with E-state index in [2.05, 4.69) is 26.3 Å². The third kappa shape index (κ3) is 3.68. The van der Waals surface area contributed by atoms with Crippen molar-refractivity contribution in [2.75, 3.05) is 30.0 Å². The van der Waals surface area contributed by atoms with Gasteiger partial charge >= 0.3 is 0 Å². The van der Waals surface area contributed by atoms with E-state index in [1.807, 2.05) is 6.26 Å². The normalized spacial score (nSPS) is 26.6. The molecule has 0 unspecified atom stereocenters. The highest BCUT2D eigenvalue weighted by Gasteiger charge is 2.43. The third-order valence-electron chi connectivity index (χ3n) is 5.47. The summed E-state index contributed by atoms with van der Waals surface area (Å²) < 4.78 is 0. The number of nitrogens with zero attached hydrogens (tertiary/aromatic N) is 3. The molecule has 3 fully saturated rings. The van der Waals surface area contributed by atoms with Crippen molar-refractivity contribution in [3.8, 4) is 0 Å². The maximum atomic E-state index is 12.2. The van der Waals surface area contributed by atoms with Crippen molar-refractivity contribution in [3.05, 3.63) is 18.1 Å². The molecule has 1 amide bonds. The molecule has 1 N–H and O–H groups in total. The molecule has 1 aliphatic heterocycles. The largest absolute Gasteiger partial charge is 0.354 e. The van der Waals surface area contributed by atoms with Crippen LogP contribution in [0.3, 0.4) is 0 Å². The molecule has 130 valence electrons. The van der Waals surface area contributed by atoms with Crippen LogP contribution in [0.15, 0.2) is 12.4 Å². The van der Waals surface area contributed by atoms with Crippen LogP contribution >= 0.6 is 11.8 Å². The Labute approximate surface area is 148 Å². The minimum atomic E-state index is 0.197. The highest BCUT2D eigenvalue weighted by atomic mass is 32.2. The molecule has 0 aromatic carbocycles. The second-order valence-corrected chi connectivity index (χ2v) is 8.38. The molecule has 6 heteroatoms. The summed E-state index contributed by atoms with van der Waals surface area (Å²) in [4.78, 5) is 23.5. The van der Waals surface area contributed by atoms with E-state index in [0.29, 0.717) is 18.3 Å². The molecule has 0 bridgehead atoms. The Morgan fingerprint density at radius 2 is 2.12 bits per heavy atom. The molecule has 1 aromatic heterocycles. The fraction of sp³-hybridized carbons (Fsp3) is 0.722. The topological polar surface area (TPSA) is 58.1 Å². The van der Waals surface area contributed by atoms with Crippen molar-refractivity contribution in [2.24, 2.45) is 11.8 Å². The van der Waals surface area contributed by atoms with E-state index in [1.54, 1.807) is 18.1 Å². The molecule has 2 aliphatic carbocycles. The Hall–Kier alpha value is -1.30. The van der Waals surface area contributed by atoms with Gasteiger partial charge in [0.05, 0.1) is 6.04 Å². The van der Waals surface area contributed by atoms with E-state index in [-0.39, 0.29) is 11.9 Å². The van der Waals surface area contributed by atoms with Crippen LogP contribution in [-0.2, 0) is 4.79 Å². The van der Waals surface area contributed by atoms with Gasteiger partial charge in [0.15, 0.2) is 0 Å². The summed E-state index contributed by atoms with van der Waals surface area (Å²) in [5.74, 6) is 4.14. The van der Waals surface area contributed by atoms with E-state index < -0.39 is 0 Å². The highest BCUT2D eigenvalue weighted by Crippen LogP contribution is 2.43. The smallest absolute Gasteiger partial charge is 0.221 e. The van der Waals surface area contributed by atoms with Gasteiger partial charge in [-0.05, 0) is 37.9 Å². The average Bonchev–Trinajstić information content (AvgIpc) is 3.51. The van der Waals surface area contributed by atoms with Gasteiger partial charge in [-0.2, -0.15) is 11.8 Å². The van der Waals surface area contributed by atoms with Gasteiger partial charge in [0.1, 0.15) is 12.1 Å². The summed E-state index contributed by atoms with van der Waals surface area (Å²) in [6, 6.07) is 2.44. The monoisotopic (exact) mass is 346 g/mol. The zero-order chi connectivity index (χ0) is 16.5. The van der Waals surface area contributed by atoms with Gasteiger partial charge in [0.25, 0.3) is 0 Å². The predicted molar refractivity (Wildman–Crippen MR) is 97.4 cm³/mol. The number of hydrogen-bond donors (Lipinski definition) is 1. The summed E-state index contributed by atoms with van der Waals surface area (Å²) in [7, 11) is 0. The van der Waals surface area contributed by atoms with E-state index in [9.17, 15) is 4.79 Å². The van der Waals surface area contributed by atoms with Crippen molar-refractivity contribution < 1.29 is 4.79 Å². The Bertz CT molecular complexity index is 602. The Morgan fingerprint density at radius 3 is 2.83 bits per heavy atom. The van der Waals surface area contributed by atoms with Crippen LogP contribution in [-0.4, -0.2) is 47.0 Å². The minimum Gasteiger partial charge on any atom is -0.354 e. The first-order valence-corrected chi connectivity index (χ1v) is 10.5. The van der Waals surface area contributed by atoms with Crippen molar-refractivity contribution in [2.45, 2.75) is 44.1 Å². The van der Waals surface area contributed by atoms with Crippen LogP contribution < -0.4 is 10.2 Å².